The molecule has 118 valence electrons. The fourth-order valence-electron chi connectivity index (χ4n) is 1.89. The first kappa shape index (κ1) is 16.2. The van der Waals surface area contributed by atoms with Gasteiger partial charge in [-0.15, -0.1) is 0 Å². The molecule has 6 nitrogen and oxygen atoms in total. The van der Waals surface area contributed by atoms with Gasteiger partial charge in [-0.1, -0.05) is 29.8 Å². The van der Waals surface area contributed by atoms with E-state index < -0.39 is 0 Å². The van der Waals surface area contributed by atoms with Crippen molar-refractivity contribution >= 4 is 17.5 Å². The van der Waals surface area contributed by atoms with Gasteiger partial charge in [-0.3, -0.25) is 15.1 Å². The molecule has 2 N–H and O–H groups in total. The molecule has 1 aromatic carbocycles. The second-order valence-corrected chi connectivity index (χ2v) is 4.78. The lowest BCUT2D eigenvalue weighted by Gasteiger charge is -2.09. The van der Waals surface area contributed by atoms with Crippen molar-refractivity contribution in [3.8, 4) is 11.5 Å². The highest BCUT2D eigenvalue weighted by atomic mass is 35.5. The molecule has 0 fully saturated rings. The van der Waals surface area contributed by atoms with Gasteiger partial charge in [0.1, 0.15) is 5.16 Å². The number of halogens is 1. The van der Waals surface area contributed by atoms with Crippen LogP contribution in [0.2, 0.25) is 0 Å². The Morgan fingerprint density at radius 3 is 2.91 bits per heavy atom. The van der Waals surface area contributed by atoms with E-state index in [4.69, 9.17) is 25.9 Å². The molecule has 0 spiro atoms. The van der Waals surface area contributed by atoms with Crippen molar-refractivity contribution < 1.29 is 19.1 Å². The summed E-state index contributed by atoms with van der Waals surface area (Å²) >= 11 is 5.97. The van der Waals surface area contributed by atoms with Gasteiger partial charge in [0.25, 0.3) is 5.91 Å². The first-order chi connectivity index (χ1) is 10.7. The number of carbonyl (C=O) groups excluding carboxylic acids is 1. The molecule has 0 aromatic heterocycles. The molecule has 0 aliphatic carbocycles. The van der Waals surface area contributed by atoms with Gasteiger partial charge >= 0.3 is 0 Å². The van der Waals surface area contributed by atoms with Crippen molar-refractivity contribution in [3.05, 3.63) is 46.6 Å². The number of hydrogen-bond acceptors (Lipinski definition) is 5. The van der Waals surface area contributed by atoms with Crippen LogP contribution in [0.5, 0.6) is 11.5 Å². The lowest BCUT2D eigenvalue weighted by molar-refractivity contribution is -0.117. The summed E-state index contributed by atoms with van der Waals surface area (Å²) in [6, 6.07) is 5.50. The van der Waals surface area contributed by atoms with Crippen molar-refractivity contribution in [2.45, 2.75) is 13.5 Å². The van der Waals surface area contributed by atoms with Crippen LogP contribution in [0.15, 0.2) is 41.1 Å². The number of ether oxygens (including phenoxy) is 2. The van der Waals surface area contributed by atoms with Crippen molar-refractivity contribution in [3.63, 3.8) is 0 Å². The summed E-state index contributed by atoms with van der Waals surface area (Å²) in [4.78, 5) is 16.9. The quantitative estimate of drug-likeness (QED) is 0.363. The number of hydrogen-bond donors (Lipinski definition) is 2. The van der Waals surface area contributed by atoms with Crippen LogP contribution in [-0.4, -0.2) is 19.8 Å². The Labute approximate surface area is 133 Å². The number of carbonyl (C=O) groups is 1. The second kappa shape index (κ2) is 7.72. The van der Waals surface area contributed by atoms with Gasteiger partial charge in [0.05, 0.1) is 12.7 Å². The summed E-state index contributed by atoms with van der Waals surface area (Å²) < 4.78 is 10.5. The van der Waals surface area contributed by atoms with Gasteiger partial charge in [-0.25, -0.2) is 0 Å². The van der Waals surface area contributed by atoms with Crippen LogP contribution in [0, 0.1) is 0 Å². The van der Waals surface area contributed by atoms with Crippen LogP contribution in [0.1, 0.15) is 12.5 Å². The maximum atomic E-state index is 12.2. The van der Waals surface area contributed by atoms with E-state index in [0.29, 0.717) is 18.0 Å². The Hall–Kier alpha value is -2.18. The molecule has 0 saturated carbocycles. The SMILES string of the molecule is C/C=C\C(C(=O)NCc1ccc2c(c1)OCO2)=C(\Cl)NOC. The number of benzene rings is 1. The first-order valence-corrected chi connectivity index (χ1v) is 7.01. The Morgan fingerprint density at radius 1 is 1.41 bits per heavy atom. The summed E-state index contributed by atoms with van der Waals surface area (Å²) in [7, 11) is 1.42. The smallest absolute Gasteiger partial charge is 0.254 e. The number of amides is 1. The van der Waals surface area contributed by atoms with Crippen molar-refractivity contribution in [1.82, 2.24) is 10.8 Å². The van der Waals surface area contributed by atoms with Crippen LogP contribution in [0.4, 0.5) is 0 Å². The molecular formula is C15H17ClN2O4. The Bertz CT molecular complexity index is 614. The lowest BCUT2D eigenvalue weighted by atomic mass is 10.2. The lowest BCUT2D eigenvalue weighted by Crippen LogP contribution is -2.26. The molecule has 0 bridgehead atoms. The van der Waals surface area contributed by atoms with E-state index in [1.54, 1.807) is 19.1 Å². The maximum absolute atomic E-state index is 12.2. The van der Waals surface area contributed by atoms with Gasteiger partial charge in [0.15, 0.2) is 11.5 Å². The molecule has 1 aromatic rings. The molecule has 0 atom stereocenters. The Morgan fingerprint density at radius 2 is 2.18 bits per heavy atom. The average Bonchev–Trinajstić information content (AvgIpc) is 2.98. The largest absolute Gasteiger partial charge is 0.454 e. The van der Waals surface area contributed by atoms with Crippen molar-refractivity contribution in [2.24, 2.45) is 0 Å². The second-order valence-electron chi connectivity index (χ2n) is 4.40. The zero-order valence-corrected chi connectivity index (χ0v) is 13.1. The molecular weight excluding hydrogens is 308 g/mol. The van der Waals surface area contributed by atoms with E-state index >= 15 is 0 Å². The summed E-state index contributed by atoms with van der Waals surface area (Å²) in [5.41, 5.74) is 3.62. The molecule has 0 saturated heterocycles. The van der Waals surface area contributed by atoms with E-state index in [2.05, 4.69) is 10.8 Å². The molecule has 1 aliphatic rings. The fourth-order valence-corrected chi connectivity index (χ4v) is 2.11. The standard InChI is InChI=1S/C15H17ClN2O4/c1-3-4-11(14(16)18-20-2)15(19)17-8-10-5-6-12-13(7-10)22-9-21-12/h3-7,18H,8-9H2,1-2H3,(H,17,19)/b4-3-,14-11+. The number of allylic oxidation sites excluding steroid dienone is 1. The van der Waals surface area contributed by atoms with Crippen molar-refractivity contribution in [2.75, 3.05) is 13.9 Å². The monoisotopic (exact) mass is 324 g/mol. The summed E-state index contributed by atoms with van der Waals surface area (Å²) in [5.74, 6) is 1.07. The van der Waals surface area contributed by atoms with Crippen LogP contribution in [0.25, 0.3) is 0 Å². The first-order valence-electron chi connectivity index (χ1n) is 6.64. The minimum atomic E-state index is -0.315. The third kappa shape index (κ3) is 3.93. The van der Waals surface area contributed by atoms with Crippen molar-refractivity contribution in [1.29, 1.82) is 0 Å². The molecule has 22 heavy (non-hydrogen) atoms. The predicted octanol–water partition coefficient (Wildman–Crippen LogP) is 2.21. The van der Waals surface area contributed by atoms with E-state index in [1.165, 1.54) is 7.11 Å². The van der Waals surface area contributed by atoms with E-state index in [9.17, 15) is 4.79 Å². The highest BCUT2D eigenvalue weighted by Crippen LogP contribution is 2.32. The van der Waals surface area contributed by atoms with Crippen LogP contribution in [-0.2, 0) is 16.2 Å². The summed E-state index contributed by atoms with van der Waals surface area (Å²) in [5, 5.41) is 2.90. The Kier molecular flexibility index (Phi) is 5.68. The number of fused-ring (bicyclic) bond motifs is 1. The van der Waals surface area contributed by atoms with E-state index in [-0.39, 0.29) is 23.4 Å². The molecule has 1 heterocycles. The highest BCUT2D eigenvalue weighted by molar-refractivity contribution is 6.31. The minimum absolute atomic E-state index is 0.115. The Balaban J connectivity index is 2.03. The third-order valence-electron chi connectivity index (χ3n) is 2.90. The van der Waals surface area contributed by atoms with Gasteiger partial charge in [0.2, 0.25) is 6.79 Å². The molecule has 1 aliphatic heterocycles. The number of rotatable bonds is 6. The molecule has 0 unspecified atom stereocenters. The zero-order chi connectivity index (χ0) is 15.9. The topological polar surface area (TPSA) is 68.8 Å². The molecule has 2 rings (SSSR count). The van der Waals surface area contributed by atoms with Gasteiger partial charge in [0, 0.05) is 6.54 Å². The summed E-state index contributed by atoms with van der Waals surface area (Å²) in [6.07, 6.45) is 3.32. The maximum Gasteiger partial charge on any atom is 0.254 e. The summed E-state index contributed by atoms with van der Waals surface area (Å²) in [6.45, 7) is 2.35. The fraction of sp³-hybridized carbons (Fsp3) is 0.267. The molecule has 1 amide bonds. The number of hydroxylamine groups is 1. The highest BCUT2D eigenvalue weighted by Gasteiger charge is 2.15. The van der Waals surface area contributed by atoms with Gasteiger partial charge < -0.3 is 14.8 Å². The van der Waals surface area contributed by atoms with Crippen LogP contribution in [0.3, 0.4) is 0 Å². The minimum Gasteiger partial charge on any atom is -0.454 e. The van der Waals surface area contributed by atoms with Gasteiger partial charge in [-0.05, 0) is 24.6 Å². The zero-order valence-electron chi connectivity index (χ0n) is 12.3. The predicted molar refractivity (Wildman–Crippen MR) is 82.2 cm³/mol. The third-order valence-corrected chi connectivity index (χ3v) is 3.18. The van der Waals surface area contributed by atoms with E-state index in [0.717, 1.165) is 5.56 Å². The average molecular weight is 325 g/mol. The number of nitrogens with one attached hydrogen (secondary N) is 2. The van der Waals surface area contributed by atoms with Crippen LogP contribution >= 0.6 is 11.6 Å². The molecule has 0 radical (unpaired) electrons. The van der Waals surface area contributed by atoms with Gasteiger partial charge in [-0.2, -0.15) is 0 Å². The van der Waals surface area contributed by atoms with E-state index in [1.807, 2.05) is 18.2 Å². The molecule has 7 heteroatoms. The normalized spacial score (nSPS) is 14.0. The van der Waals surface area contributed by atoms with Crippen LogP contribution < -0.4 is 20.3 Å².